The lowest BCUT2D eigenvalue weighted by Crippen LogP contribution is -2.50. The minimum Gasteiger partial charge on any atom is -0.771 e. The number of fused-ring (bicyclic) bond motifs is 3. The summed E-state index contributed by atoms with van der Waals surface area (Å²) in [4.78, 5) is 10.9. The molecule has 3 unspecified atom stereocenters. The van der Waals surface area contributed by atoms with Gasteiger partial charge >= 0.3 is 0 Å². The maximum atomic E-state index is 12.2. The Bertz CT molecular complexity index is 1080. The molecule has 8 nitrogen and oxygen atoms in total. The number of rotatable bonds is 5. The Morgan fingerprint density at radius 3 is 2.84 bits per heavy atom. The van der Waals surface area contributed by atoms with Crippen LogP contribution in [0.2, 0.25) is 0 Å². The molecule has 2 aliphatic rings. The Morgan fingerprint density at radius 1 is 1.23 bits per heavy atom. The fourth-order valence-corrected chi connectivity index (χ4v) is 6.60. The molecule has 1 saturated heterocycles. The maximum Gasteiger partial charge on any atom is 0.159 e. The van der Waals surface area contributed by atoms with Gasteiger partial charge in [0.2, 0.25) is 0 Å². The number of hydrogen-bond acceptors (Lipinski definition) is 7. The molecule has 1 aliphatic carbocycles. The van der Waals surface area contributed by atoms with Gasteiger partial charge in [-0.05, 0) is 79.6 Å². The second-order valence-corrected chi connectivity index (χ2v) is 9.82. The van der Waals surface area contributed by atoms with Crippen LogP contribution >= 0.6 is 0 Å². The number of pyridine rings is 1. The molecule has 31 heavy (non-hydrogen) atoms. The summed E-state index contributed by atoms with van der Waals surface area (Å²) in [5.41, 5.74) is 2.88. The second-order valence-electron chi connectivity index (χ2n) is 8.81. The molecule has 2 fully saturated rings. The lowest BCUT2D eigenvalue weighted by Gasteiger charge is -2.44. The van der Waals surface area contributed by atoms with E-state index in [2.05, 4.69) is 25.1 Å². The molecule has 1 N–H and O–H groups in total. The molecular weight excluding hydrogens is 414 g/mol. The fourth-order valence-electron chi connectivity index (χ4n) is 5.58. The van der Waals surface area contributed by atoms with Gasteiger partial charge in [0.25, 0.3) is 0 Å². The number of H-pyrrole nitrogens is 1. The summed E-state index contributed by atoms with van der Waals surface area (Å²) in [6.45, 7) is 1.53. The lowest BCUT2D eigenvalue weighted by atomic mass is 9.77. The highest BCUT2D eigenvalue weighted by Crippen LogP contribution is 2.41. The van der Waals surface area contributed by atoms with Crippen LogP contribution < -0.4 is 0 Å². The summed E-state index contributed by atoms with van der Waals surface area (Å²) in [5, 5.41) is 9.18. The van der Waals surface area contributed by atoms with Crippen molar-refractivity contribution in [2.75, 3.05) is 20.2 Å². The number of likely N-dealkylation sites (tertiary alicyclic amines) is 1. The Labute approximate surface area is 184 Å². The topological polar surface area (TPSA) is 107 Å². The quantitative estimate of drug-likeness (QED) is 0.605. The zero-order chi connectivity index (χ0) is 21.4. The number of ether oxygens (including phenoxy) is 1. The van der Waals surface area contributed by atoms with E-state index in [-0.39, 0.29) is 12.0 Å². The Hall–Kier alpha value is -1.94. The highest BCUT2D eigenvalue weighted by molar-refractivity contribution is 7.79. The van der Waals surface area contributed by atoms with E-state index in [0.717, 1.165) is 67.0 Å². The molecular formula is C22H28N5O3S-. The van der Waals surface area contributed by atoms with Crippen molar-refractivity contribution in [3.05, 3.63) is 30.2 Å². The third-order valence-electron chi connectivity index (χ3n) is 7.13. The van der Waals surface area contributed by atoms with E-state index >= 15 is 0 Å². The zero-order valence-electron chi connectivity index (χ0n) is 17.7. The molecule has 4 heterocycles. The van der Waals surface area contributed by atoms with E-state index in [1.54, 1.807) is 19.5 Å². The van der Waals surface area contributed by atoms with E-state index in [0.29, 0.717) is 12.5 Å². The van der Waals surface area contributed by atoms with E-state index in [1.165, 1.54) is 5.56 Å². The number of nitrogens with one attached hydrogen (secondary N) is 1. The Kier molecular flexibility index (Phi) is 6.01. The van der Waals surface area contributed by atoms with Crippen molar-refractivity contribution in [3.63, 3.8) is 0 Å². The molecule has 166 valence electrons. The van der Waals surface area contributed by atoms with Gasteiger partial charge in [-0.15, -0.1) is 0 Å². The van der Waals surface area contributed by atoms with Crippen molar-refractivity contribution < 1.29 is 13.5 Å². The average Bonchev–Trinajstić information content (AvgIpc) is 3.28. The van der Waals surface area contributed by atoms with Crippen molar-refractivity contribution in [1.82, 2.24) is 25.1 Å². The van der Waals surface area contributed by atoms with Crippen LogP contribution in [0.15, 0.2) is 24.7 Å². The Morgan fingerprint density at radius 2 is 2.06 bits per heavy atom. The van der Waals surface area contributed by atoms with Crippen LogP contribution in [0, 0.1) is 5.92 Å². The molecule has 0 bridgehead atoms. The van der Waals surface area contributed by atoms with Crippen molar-refractivity contribution in [2.24, 2.45) is 5.92 Å². The van der Waals surface area contributed by atoms with Crippen molar-refractivity contribution in [2.45, 2.75) is 55.9 Å². The van der Waals surface area contributed by atoms with Crippen LogP contribution in [0.3, 0.4) is 0 Å². The molecule has 1 saturated carbocycles. The minimum atomic E-state index is -2.12. The first kappa shape index (κ1) is 20.9. The molecule has 0 spiro atoms. The largest absolute Gasteiger partial charge is 0.771 e. The van der Waals surface area contributed by atoms with Crippen LogP contribution in [0.4, 0.5) is 0 Å². The smallest absolute Gasteiger partial charge is 0.159 e. The van der Waals surface area contributed by atoms with Gasteiger partial charge in [-0.1, -0.05) is 0 Å². The number of aromatic nitrogens is 4. The van der Waals surface area contributed by atoms with Crippen LogP contribution in [-0.4, -0.2) is 65.5 Å². The number of nitrogens with zero attached hydrogens (tertiary/aromatic N) is 4. The summed E-state index contributed by atoms with van der Waals surface area (Å²) >= 11 is -2.12. The minimum absolute atomic E-state index is 0.128. The molecule has 3 aromatic heterocycles. The summed E-state index contributed by atoms with van der Waals surface area (Å²) in [6, 6.07) is 2.01. The van der Waals surface area contributed by atoms with Crippen molar-refractivity contribution >= 4 is 33.0 Å². The van der Waals surface area contributed by atoms with Crippen molar-refractivity contribution in [1.29, 1.82) is 0 Å². The van der Waals surface area contributed by atoms with Gasteiger partial charge in [0, 0.05) is 30.6 Å². The van der Waals surface area contributed by atoms with Gasteiger partial charge in [0.05, 0.1) is 29.4 Å². The molecule has 3 aromatic rings. The third kappa shape index (κ3) is 4.00. The summed E-state index contributed by atoms with van der Waals surface area (Å²) in [7, 11) is 1.72. The SMILES string of the molecule is COC1CCCN(C(C2CCC(c3cn[nH]c4cnc5nccc5c34)CC2)S(=O)[O-])C1. The molecule has 0 aromatic carbocycles. The summed E-state index contributed by atoms with van der Waals surface area (Å²) < 4.78 is 30.0. The number of hydrogen-bond donors (Lipinski definition) is 1. The van der Waals surface area contributed by atoms with Gasteiger partial charge in [-0.25, -0.2) is 9.97 Å². The maximum absolute atomic E-state index is 12.2. The molecule has 5 rings (SSSR count). The Balaban J connectivity index is 1.36. The van der Waals surface area contributed by atoms with Crippen LogP contribution in [0.25, 0.3) is 21.9 Å². The van der Waals surface area contributed by atoms with E-state index in [1.807, 2.05) is 12.3 Å². The highest BCUT2D eigenvalue weighted by Gasteiger charge is 2.35. The lowest BCUT2D eigenvalue weighted by molar-refractivity contribution is 0.0147. The van der Waals surface area contributed by atoms with E-state index in [4.69, 9.17) is 4.74 Å². The number of methoxy groups -OCH3 is 1. The van der Waals surface area contributed by atoms with Gasteiger partial charge in [-0.2, -0.15) is 5.10 Å². The first-order valence-corrected chi connectivity index (χ1v) is 12.2. The van der Waals surface area contributed by atoms with Gasteiger partial charge < -0.3 is 9.29 Å². The first-order chi connectivity index (χ1) is 15.2. The zero-order valence-corrected chi connectivity index (χ0v) is 18.5. The van der Waals surface area contributed by atoms with Crippen LogP contribution in [0.5, 0.6) is 0 Å². The standard InChI is InChI=1S/C22H29N5O3S/c1-30-16-3-2-10-27(13-16)22(31(28)29)15-6-4-14(5-7-15)18-11-25-26-19-12-24-21-17(20(18)19)8-9-23-21/h8-9,11-12,14-16,22,26H,2-7,10,13H2,1H3,(H,28,29)/p-1. The summed E-state index contributed by atoms with van der Waals surface area (Å²) in [6.07, 6.45) is 11.3. The fraction of sp³-hybridized carbons (Fsp3) is 0.591. The molecule has 9 heteroatoms. The van der Waals surface area contributed by atoms with E-state index in [9.17, 15) is 8.76 Å². The van der Waals surface area contributed by atoms with Crippen LogP contribution in [-0.2, 0) is 15.8 Å². The van der Waals surface area contributed by atoms with Crippen molar-refractivity contribution in [3.8, 4) is 0 Å². The van der Waals surface area contributed by atoms with Gasteiger partial charge in [0.1, 0.15) is 0 Å². The monoisotopic (exact) mass is 442 g/mol. The van der Waals surface area contributed by atoms with Crippen LogP contribution in [0.1, 0.15) is 50.0 Å². The van der Waals surface area contributed by atoms with E-state index < -0.39 is 16.5 Å². The predicted octanol–water partition coefficient (Wildman–Crippen LogP) is 3.10. The highest BCUT2D eigenvalue weighted by atomic mass is 32.2. The molecule has 3 atom stereocenters. The van der Waals surface area contributed by atoms with Gasteiger partial charge in [-0.3, -0.25) is 14.2 Å². The second kappa shape index (κ2) is 8.90. The number of aromatic amines is 1. The third-order valence-corrected chi connectivity index (χ3v) is 8.20. The summed E-state index contributed by atoms with van der Waals surface area (Å²) in [5.74, 6) is 0.511. The number of piperidine rings is 1. The van der Waals surface area contributed by atoms with Gasteiger partial charge in [0.15, 0.2) is 5.65 Å². The predicted molar refractivity (Wildman–Crippen MR) is 118 cm³/mol. The average molecular weight is 443 g/mol. The molecule has 1 aliphatic heterocycles. The molecule has 0 radical (unpaired) electrons. The molecule has 0 amide bonds. The normalized spacial score (nSPS) is 27.5. The first-order valence-electron chi connectivity index (χ1n) is 11.1.